The van der Waals surface area contributed by atoms with Crippen molar-refractivity contribution in [2.75, 3.05) is 6.54 Å². The van der Waals surface area contributed by atoms with Gasteiger partial charge >= 0.3 is 0 Å². The van der Waals surface area contributed by atoms with Crippen LogP contribution in [-0.2, 0) is 6.54 Å². The van der Waals surface area contributed by atoms with Gasteiger partial charge < -0.3 is 9.88 Å². The topological polar surface area (TPSA) is 17.0 Å². The number of benzene rings is 1. The van der Waals surface area contributed by atoms with Crippen molar-refractivity contribution >= 4 is 15.9 Å². The summed E-state index contributed by atoms with van der Waals surface area (Å²) in [5, 5.41) is 3.47. The van der Waals surface area contributed by atoms with E-state index in [-0.39, 0.29) is 5.82 Å². The molecular weight excluding hydrogens is 319 g/mol. The lowest BCUT2D eigenvalue weighted by Gasteiger charge is -2.14. The lowest BCUT2D eigenvalue weighted by atomic mass is 10.1. The Morgan fingerprint density at radius 3 is 2.75 bits per heavy atom. The largest absolute Gasteiger partial charge is 0.350 e. The predicted octanol–water partition coefficient (Wildman–Crippen LogP) is 4.50. The standard InChI is InChI=1S/C16H20BrFN2/c1-3-16(19-4-2)13-7-8-20(11-13)10-12-5-6-15(18)14(17)9-12/h5-9,11,16,19H,3-4,10H2,1-2H3. The normalized spacial score (nSPS) is 12.6. The minimum Gasteiger partial charge on any atom is -0.350 e. The van der Waals surface area contributed by atoms with Crippen LogP contribution < -0.4 is 5.32 Å². The van der Waals surface area contributed by atoms with E-state index < -0.39 is 0 Å². The van der Waals surface area contributed by atoms with E-state index >= 15 is 0 Å². The van der Waals surface area contributed by atoms with Crippen molar-refractivity contribution in [1.29, 1.82) is 0 Å². The maximum absolute atomic E-state index is 13.2. The second kappa shape index (κ2) is 7.04. The van der Waals surface area contributed by atoms with Crippen LogP contribution in [0.4, 0.5) is 4.39 Å². The van der Waals surface area contributed by atoms with Gasteiger partial charge in [-0.05, 0) is 58.2 Å². The van der Waals surface area contributed by atoms with Crippen LogP contribution in [0.2, 0.25) is 0 Å². The number of hydrogen-bond donors (Lipinski definition) is 1. The van der Waals surface area contributed by atoms with E-state index in [1.54, 1.807) is 0 Å². The van der Waals surface area contributed by atoms with Gasteiger partial charge in [0.1, 0.15) is 5.82 Å². The highest BCUT2D eigenvalue weighted by molar-refractivity contribution is 9.10. The zero-order valence-electron chi connectivity index (χ0n) is 11.9. The van der Waals surface area contributed by atoms with Crippen LogP contribution in [0, 0.1) is 5.82 Å². The molecule has 1 aromatic heterocycles. The third-order valence-electron chi connectivity index (χ3n) is 3.38. The number of rotatable bonds is 6. The summed E-state index contributed by atoms with van der Waals surface area (Å²) in [5.41, 5.74) is 2.38. The molecule has 0 aliphatic carbocycles. The molecule has 1 heterocycles. The Hall–Kier alpha value is -1.13. The highest BCUT2D eigenvalue weighted by atomic mass is 79.9. The van der Waals surface area contributed by atoms with E-state index in [1.165, 1.54) is 11.6 Å². The Balaban J connectivity index is 2.10. The molecule has 0 radical (unpaired) electrons. The van der Waals surface area contributed by atoms with Crippen LogP contribution in [0.15, 0.2) is 41.1 Å². The fraction of sp³-hybridized carbons (Fsp3) is 0.375. The number of halogens is 2. The van der Waals surface area contributed by atoms with Gasteiger partial charge in [-0.2, -0.15) is 0 Å². The smallest absolute Gasteiger partial charge is 0.137 e. The fourth-order valence-corrected chi connectivity index (χ4v) is 2.78. The van der Waals surface area contributed by atoms with Gasteiger partial charge in [-0.15, -0.1) is 0 Å². The van der Waals surface area contributed by atoms with Crippen molar-refractivity contribution in [3.8, 4) is 0 Å². The molecule has 0 saturated heterocycles. The van der Waals surface area contributed by atoms with Gasteiger partial charge in [-0.1, -0.05) is 19.9 Å². The molecule has 1 aromatic carbocycles. The molecule has 0 saturated carbocycles. The summed E-state index contributed by atoms with van der Waals surface area (Å²) in [6.45, 7) is 6.02. The molecule has 0 aliphatic rings. The van der Waals surface area contributed by atoms with Crippen LogP contribution in [0.3, 0.4) is 0 Å². The maximum Gasteiger partial charge on any atom is 0.137 e. The second-order valence-corrected chi connectivity index (χ2v) is 5.74. The van der Waals surface area contributed by atoms with Gasteiger partial charge in [0.2, 0.25) is 0 Å². The second-order valence-electron chi connectivity index (χ2n) is 4.88. The zero-order valence-corrected chi connectivity index (χ0v) is 13.5. The monoisotopic (exact) mass is 338 g/mol. The Morgan fingerprint density at radius 2 is 2.10 bits per heavy atom. The number of aromatic nitrogens is 1. The zero-order chi connectivity index (χ0) is 14.5. The molecule has 1 unspecified atom stereocenters. The van der Waals surface area contributed by atoms with E-state index in [0.717, 1.165) is 25.1 Å². The van der Waals surface area contributed by atoms with Gasteiger partial charge in [0.15, 0.2) is 0 Å². The minimum atomic E-state index is -0.222. The first-order valence-corrected chi connectivity index (χ1v) is 7.76. The van der Waals surface area contributed by atoms with Gasteiger partial charge in [0.25, 0.3) is 0 Å². The molecule has 108 valence electrons. The van der Waals surface area contributed by atoms with E-state index in [2.05, 4.69) is 58.1 Å². The third kappa shape index (κ3) is 3.70. The fourth-order valence-electron chi connectivity index (χ4n) is 2.36. The highest BCUT2D eigenvalue weighted by Crippen LogP contribution is 2.20. The van der Waals surface area contributed by atoms with Crippen molar-refractivity contribution < 1.29 is 4.39 Å². The summed E-state index contributed by atoms with van der Waals surface area (Å²) in [7, 11) is 0. The van der Waals surface area contributed by atoms with Crippen LogP contribution in [0.5, 0.6) is 0 Å². The molecule has 4 heteroatoms. The summed E-state index contributed by atoms with van der Waals surface area (Å²) >= 11 is 3.23. The highest BCUT2D eigenvalue weighted by Gasteiger charge is 2.09. The first-order valence-electron chi connectivity index (χ1n) is 6.97. The molecule has 20 heavy (non-hydrogen) atoms. The van der Waals surface area contributed by atoms with Crippen molar-refractivity contribution in [2.45, 2.75) is 32.9 Å². The third-order valence-corrected chi connectivity index (χ3v) is 3.99. The van der Waals surface area contributed by atoms with Crippen LogP contribution in [0.25, 0.3) is 0 Å². The first kappa shape index (κ1) is 15.3. The number of nitrogens with one attached hydrogen (secondary N) is 1. The minimum absolute atomic E-state index is 0.222. The molecule has 0 bridgehead atoms. The summed E-state index contributed by atoms with van der Waals surface area (Å²) in [6.07, 6.45) is 5.31. The summed E-state index contributed by atoms with van der Waals surface area (Å²) in [5.74, 6) is -0.222. The van der Waals surface area contributed by atoms with Gasteiger partial charge in [0, 0.05) is 25.0 Å². The van der Waals surface area contributed by atoms with Crippen molar-refractivity contribution in [1.82, 2.24) is 9.88 Å². The average molecular weight is 339 g/mol. The molecule has 2 nitrogen and oxygen atoms in total. The maximum atomic E-state index is 13.2. The molecule has 2 rings (SSSR count). The van der Waals surface area contributed by atoms with Crippen LogP contribution in [0.1, 0.15) is 37.4 Å². The molecular formula is C16H20BrFN2. The molecule has 0 spiro atoms. The lowest BCUT2D eigenvalue weighted by Crippen LogP contribution is -2.19. The molecule has 0 fully saturated rings. The average Bonchev–Trinajstić information content (AvgIpc) is 2.88. The Bertz CT molecular complexity index is 565. The molecule has 2 aromatic rings. The van der Waals surface area contributed by atoms with E-state index in [1.807, 2.05) is 12.1 Å². The van der Waals surface area contributed by atoms with Gasteiger partial charge in [-0.3, -0.25) is 0 Å². The lowest BCUT2D eigenvalue weighted by molar-refractivity contribution is 0.536. The number of nitrogens with zero attached hydrogens (tertiary/aromatic N) is 1. The quantitative estimate of drug-likeness (QED) is 0.820. The van der Waals surface area contributed by atoms with Gasteiger partial charge in [-0.25, -0.2) is 4.39 Å². The SMILES string of the molecule is CCNC(CC)c1ccn(Cc2ccc(F)c(Br)c2)c1. The Labute approximate surface area is 128 Å². The Morgan fingerprint density at radius 1 is 1.30 bits per heavy atom. The number of hydrogen-bond acceptors (Lipinski definition) is 1. The Kier molecular flexibility index (Phi) is 5.38. The van der Waals surface area contributed by atoms with Crippen molar-refractivity contribution in [3.63, 3.8) is 0 Å². The molecule has 1 atom stereocenters. The first-order chi connectivity index (χ1) is 9.63. The molecule has 1 N–H and O–H groups in total. The molecule has 0 aliphatic heterocycles. The molecule has 0 amide bonds. The van der Waals surface area contributed by atoms with E-state index in [4.69, 9.17) is 0 Å². The predicted molar refractivity (Wildman–Crippen MR) is 84.3 cm³/mol. The summed E-state index contributed by atoms with van der Waals surface area (Å²) < 4.78 is 15.9. The van der Waals surface area contributed by atoms with Crippen molar-refractivity contribution in [3.05, 3.63) is 58.1 Å². The van der Waals surface area contributed by atoms with Crippen molar-refractivity contribution in [2.24, 2.45) is 0 Å². The van der Waals surface area contributed by atoms with Crippen LogP contribution >= 0.6 is 15.9 Å². The van der Waals surface area contributed by atoms with E-state index in [0.29, 0.717) is 10.5 Å². The van der Waals surface area contributed by atoms with E-state index in [9.17, 15) is 4.39 Å². The summed E-state index contributed by atoms with van der Waals surface area (Å²) in [6, 6.07) is 7.70. The van der Waals surface area contributed by atoms with Crippen LogP contribution in [-0.4, -0.2) is 11.1 Å². The van der Waals surface area contributed by atoms with Gasteiger partial charge in [0.05, 0.1) is 4.47 Å². The summed E-state index contributed by atoms with van der Waals surface area (Å²) in [4.78, 5) is 0.